The van der Waals surface area contributed by atoms with Crippen LogP contribution in [-0.2, 0) is 28.4 Å². The molecule has 1 fully saturated rings. The second kappa shape index (κ2) is 18.1. The zero-order chi connectivity index (χ0) is 18.7. The van der Waals surface area contributed by atoms with Crippen LogP contribution < -0.4 is 0 Å². The molecule has 0 aromatic heterocycles. The second-order valence-corrected chi connectivity index (χ2v) is 6.73. The molecule has 7 heteroatoms. The molecule has 1 aliphatic heterocycles. The van der Waals surface area contributed by atoms with E-state index in [-0.39, 0.29) is 0 Å². The van der Waals surface area contributed by atoms with E-state index in [0.717, 1.165) is 39.3 Å². The topological polar surface area (TPSA) is 58.6 Å². The van der Waals surface area contributed by atoms with Crippen molar-refractivity contribution in [1.29, 1.82) is 0 Å². The van der Waals surface area contributed by atoms with E-state index in [0.29, 0.717) is 72.0 Å². The van der Waals surface area contributed by atoms with Crippen LogP contribution in [0.25, 0.3) is 0 Å². The van der Waals surface area contributed by atoms with Gasteiger partial charge in [-0.15, -0.1) is 0 Å². The van der Waals surface area contributed by atoms with E-state index >= 15 is 0 Å². The molecule has 7 nitrogen and oxygen atoms in total. The molecule has 1 heterocycles. The fourth-order valence-corrected chi connectivity index (χ4v) is 2.41. The Labute approximate surface area is 159 Å². The Morgan fingerprint density at radius 3 is 1.54 bits per heavy atom. The first-order chi connectivity index (χ1) is 12.8. The van der Waals surface area contributed by atoms with Crippen LogP contribution in [0.4, 0.5) is 0 Å². The maximum atomic E-state index is 5.67. The highest BCUT2D eigenvalue weighted by Crippen LogP contribution is 1.97. The summed E-state index contributed by atoms with van der Waals surface area (Å²) in [4.78, 5) is 2.37. The Morgan fingerprint density at radius 1 is 0.692 bits per heavy atom. The van der Waals surface area contributed by atoms with E-state index in [2.05, 4.69) is 18.7 Å². The van der Waals surface area contributed by atoms with Gasteiger partial charge in [-0.1, -0.05) is 13.8 Å². The lowest BCUT2D eigenvalue weighted by Gasteiger charge is -2.22. The summed E-state index contributed by atoms with van der Waals surface area (Å²) < 4.78 is 33.4. The summed E-state index contributed by atoms with van der Waals surface area (Å²) in [6, 6.07) is 0. The van der Waals surface area contributed by atoms with Crippen LogP contribution in [-0.4, -0.2) is 104 Å². The Bertz CT molecular complexity index is 275. The molecular formula is C19H39NO6. The third kappa shape index (κ3) is 15.9. The highest BCUT2D eigenvalue weighted by Gasteiger charge is 2.06. The van der Waals surface area contributed by atoms with Crippen molar-refractivity contribution in [3.05, 3.63) is 0 Å². The number of nitrogens with zero attached hydrogens (tertiary/aromatic N) is 1. The van der Waals surface area contributed by atoms with Gasteiger partial charge in [-0.2, -0.15) is 0 Å². The van der Waals surface area contributed by atoms with E-state index in [1.165, 1.54) is 0 Å². The van der Waals surface area contributed by atoms with E-state index in [1.807, 2.05) is 0 Å². The van der Waals surface area contributed by atoms with Crippen LogP contribution in [0.1, 0.15) is 20.3 Å². The molecule has 0 atom stereocenters. The summed E-state index contributed by atoms with van der Waals surface area (Å²) in [6.45, 7) is 15.0. The molecule has 0 aromatic carbocycles. The molecule has 0 saturated carbocycles. The number of hydrogen-bond acceptors (Lipinski definition) is 7. The van der Waals surface area contributed by atoms with Gasteiger partial charge in [0.2, 0.25) is 0 Å². The van der Waals surface area contributed by atoms with Crippen molar-refractivity contribution in [1.82, 2.24) is 4.90 Å². The fraction of sp³-hybridized carbons (Fsp3) is 1.00. The predicted molar refractivity (Wildman–Crippen MR) is 101 cm³/mol. The Hall–Kier alpha value is -0.280. The minimum absolute atomic E-state index is 0.587. The van der Waals surface area contributed by atoms with Crippen molar-refractivity contribution in [2.45, 2.75) is 20.3 Å². The summed E-state index contributed by atoms with van der Waals surface area (Å²) in [5.41, 5.74) is 0. The quantitative estimate of drug-likeness (QED) is 0.649. The third-order valence-electron chi connectivity index (χ3n) is 3.81. The molecule has 156 valence electrons. The molecule has 0 unspecified atom stereocenters. The Morgan fingerprint density at radius 2 is 1.12 bits per heavy atom. The van der Waals surface area contributed by atoms with Gasteiger partial charge in [0, 0.05) is 32.8 Å². The first-order valence-corrected chi connectivity index (χ1v) is 9.98. The summed E-state index contributed by atoms with van der Waals surface area (Å²) in [7, 11) is 0. The van der Waals surface area contributed by atoms with Crippen molar-refractivity contribution in [3.63, 3.8) is 0 Å². The van der Waals surface area contributed by atoms with Gasteiger partial charge in [0.25, 0.3) is 0 Å². The smallest absolute Gasteiger partial charge is 0.0701 e. The minimum atomic E-state index is 0.587. The van der Waals surface area contributed by atoms with Gasteiger partial charge in [-0.3, -0.25) is 4.90 Å². The monoisotopic (exact) mass is 377 g/mol. The van der Waals surface area contributed by atoms with Crippen molar-refractivity contribution in [2.24, 2.45) is 5.92 Å². The molecule has 0 radical (unpaired) electrons. The number of rotatable bonds is 6. The highest BCUT2D eigenvalue weighted by atomic mass is 16.6. The Kier molecular flexibility index (Phi) is 16.5. The van der Waals surface area contributed by atoms with Crippen molar-refractivity contribution < 1.29 is 28.4 Å². The fourth-order valence-electron chi connectivity index (χ4n) is 2.41. The van der Waals surface area contributed by atoms with Crippen molar-refractivity contribution >= 4 is 0 Å². The van der Waals surface area contributed by atoms with Gasteiger partial charge >= 0.3 is 0 Å². The van der Waals surface area contributed by atoms with Crippen LogP contribution in [0.3, 0.4) is 0 Å². The third-order valence-corrected chi connectivity index (χ3v) is 3.81. The molecule has 0 bridgehead atoms. The van der Waals surface area contributed by atoms with Crippen LogP contribution in [0.5, 0.6) is 0 Å². The predicted octanol–water partition coefficient (Wildman–Crippen LogP) is 1.45. The molecule has 0 aliphatic carbocycles. The zero-order valence-electron chi connectivity index (χ0n) is 16.8. The maximum absolute atomic E-state index is 5.67. The summed E-state index contributed by atoms with van der Waals surface area (Å²) in [5, 5.41) is 0. The summed E-state index contributed by atoms with van der Waals surface area (Å²) in [6.07, 6.45) is 1.03. The maximum Gasteiger partial charge on any atom is 0.0701 e. The van der Waals surface area contributed by atoms with E-state index in [1.54, 1.807) is 0 Å². The zero-order valence-corrected chi connectivity index (χ0v) is 16.8. The molecule has 0 amide bonds. The van der Waals surface area contributed by atoms with Gasteiger partial charge in [-0.05, 0) is 12.3 Å². The minimum Gasteiger partial charge on any atom is -0.381 e. The SMILES string of the molecule is CC(C)COCCCN1CCOCCOCCOCCOCCOCC1. The van der Waals surface area contributed by atoms with Crippen molar-refractivity contribution in [3.8, 4) is 0 Å². The lowest BCUT2D eigenvalue weighted by Crippen LogP contribution is -2.33. The average molecular weight is 378 g/mol. The molecule has 0 N–H and O–H groups in total. The summed E-state index contributed by atoms with van der Waals surface area (Å²) in [5.74, 6) is 0.587. The van der Waals surface area contributed by atoms with Crippen LogP contribution in [0, 0.1) is 5.92 Å². The normalized spacial score (nSPS) is 21.3. The van der Waals surface area contributed by atoms with E-state index in [4.69, 9.17) is 28.4 Å². The molecule has 1 rings (SSSR count). The molecule has 1 saturated heterocycles. The molecule has 26 heavy (non-hydrogen) atoms. The van der Waals surface area contributed by atoms with Gasteiger partial charge in [-0.25, -0.2) is 0 Å². The standard InChI is InChI=1S/C19H39NO6/c1-19(2)18-26-7-3-4-20-5-8-21-10-12-23-14-16-25-17-15-24-13-11-22-9-6-20/h19H,3-18H2,1-2H3. The van der Waals surface area contributed by atoms with Gasteiger partial charge in [0.05, 0.1) is 66.1 Å². The first-order valence-electron chi connectivity index (χ1n) is 9.98. The summed E-state index contributed by atoms with van der Waals surface area (Å²) >= 11 is 0. The number of ether oxygens (including phenoxy) is 6. The highest BCUT2D eigenvalue weighted by molar-refractivity contribution is 4.58. The van der Waals surface area contributed by atoms with Gasteiger partial charge in [0.1, 0.15) is 0 Å². The lowest BCUT2D eigenvalue weighted by atomic mass is 10.2. The van der Waals surface area contributed by atoms with E-state index < -0.39 is 0 Å². The van der Waals surface area contributed by atoms with Crippen LogP contribution in [0.2, 0.25) is 0 Å². The van der Waals surface area contributed by atoms with Crippen LogP contribution >= 0.6 is 0 Å². The molecule has 0 spiro atoms. The number of hydrogen-bond donors (Lipinski definition) is 0. The molecular weight excluding hydrogens is 338 g/mol. The molecule has 1 aliphatic rings. The first kappa shape index (κ1) is 23.8. The van der Waals surface area contributed by atoms with Gasteiger partial charge < -0.3 is 28.4 Å². The van der Waals surface area contributed by atoms with Gasteiger partial charge in [0.15, 0.2) is 0 Å². The van der Waals surface area contributed by atoms with Crippen molar-refractivity contribution in [2.75, 3.05) is 98.9 Å². The lowest BCUT2D eigenvalue weighted by molar-refractivity contribution is -0.0189. The second-order valence-electron chi connectivity index (χ2n) is 6.73. The van der Waals surface area contributed by atoms with Crippen LogP contribution in [0.15, 0.2) is 0 Å². The molecule has 0 aromatic rings. The Balaban J connectivity index is 2.21. The van der Waals surface area contributed by atoms with E-state index in [9.17, 15) is 0 Å². The largest absolute Gasteiger partial charge is 0.381 e. The average Bonchev–Trinajstić information content (AvgIpc) is 2.62.